The van der Waals surface area contributed by atoms with Gasteiger partial charge in [0.05, 0.1) is 5.92 Å². The van der Waals surface area contributed by atoms with Gasteiger partial charge in [0, 0.05) is 5.54 Å². The quantitative estimate of drug-likeness (QED) is 0.522. The van der Waals surface area contributed by atoms with Gasteiger partial charge in [-0.1, -0.05) is 58.3 Å². The fourth-order valence-electron chi connectivity index (χ4n) is 3.38. The molecule has 0 atom stereocenters. The second-order valence-corrected chi connectivity index (χ2v) is 6.90. The minimum absolute atomic E-state index is 0.219. The van der Waals surface area contributed by atoms with Gasteiger partial charge in [0.1, 0.15) is 0 Å². The summed E-state index contributed by atoms with van der Waals surface area (Å²) in [4.78, 5) is 0. The average Bonchev–Trinajstić information content (AvgIpc) is 2.41. The largest absolute Gasteiger partial charge is 0.391 e. The van der Waals surface area contributed by atoms with Crippen LogP contribution >= 0.6 is 0 Å². The van der Waals surface area contributed by atoms with Crippen LogP contribution in [0.25, 0.3) is 0 Å². The zero-order valence-electron chi connectivity index (χ0n) is 13.5. The molecule has 1 nitrogen and oxygen atoms in total. The van der Waals surface area contributed by atoms with Crippen LogP contribution in [0.4, 0.5) is 13.2 Å². The minimum Gasteiger partial charge on any atom is -0.325 e. The van der Waals surface area contributed by atoms with Crippen LogP contribution in [0, 0.1) is 5.92 Å². The van der Waals surface area contributed by atoms with E-state index in [4.69, 9.17) is 5.73 Å². The molecular weight excluding hydrogens is 275 g/mol. The highest BCUT2D eigenvalue weighted by molar-refractivity contribution is 4.91. The fraction of sp³-hybridized carbons (Fsp3) is 1.00. The van der Waals surface area contributed by atoms with Gasteiger partial charge >= 0.3 is 6.18 Å². The first-order valence-electron chi connectivity index (χ1n) is 8.73. The lowest BCUT2D eigenvalue weighted by atomic mass is 9.74. The van der Waals surface area contributed by atoms with Crippen molar-refractivity contribution in [1.82, 2.24) is 0 Å². The van der Waals surface area contributed by atoms with Crippen LogP contribution in [-0.2, 0) is 0 Å². The van der Waals surface area contributed by atoms with Crippen LogP contribution in [0.15, 0.2) is 0 Å². The summed E-state index contributed by atoms with van der Waals surface area (Å²) < 4.78 is 37.9. The van der Waals surface area contributed by atoms with Gasteiger partial charge in [0.25, 0.3) is 0 Å². The van der Waals surface area contributed by atoms with Crippen molar-refractivity contribution >= 4 is 0 Å². The Bertz CT molecular complexity index is 268. The van der Waals surface area contributed by atoms with E-state index in [1.165, 1.54) is 44.9 Å². The predicted molar refractivity (Wildman–Crippen MR) is 82.2 cm³/mol. The summed E-state index contributed by atoms with van der Waals surface area (Å²) >= 11 is 0. The zero-order chi connectivity index (χ0) is 15.8. The van der Waals surface area contributed by atoms with Gasteiger partial charge in [-0.25, -0.2) is 0 Å². The maximum Gasteiger partial charge on any atom is 0.391 e. The molecule has 0 aliphatic heterocycles. The van der Waals surface area contributed by atoms with Crippen molar-refractivity contribution in [3.05, 3.63) is 0 Å². The molecule has 0 aromatic rings. The van der Waals surface area contributed by atoms with Crippen molar-refractivity contribution in [1.29, 1.82) is 0 Å². The molecule has 1 aliphatic rings. The Labute approximate surface area is 127 Å². The number of hydrogen-bond acceptors (Lipinski definition) is 1. The molecule has 0 spiro atoms. The molecule has 1 fully saturated rings. The first-order valence-corrected chi connectivity index (χ1v) is 8.73. The van der Waals surface area contributed by atoms with E-state index in [1.807, 2.05) is 0 Å². The molecular formula is C17H32F3N. The van der Waals surface area contributed by atoms with E-state index in [-0.39, 0.29) is 18.4 Å². The molecule has 0 amide bonds. The van der Waals surface area contributed by atoms with Gasteiger partial charge in [0.2, 0.25) is 0 Å². The zero-order valence-corrected chi connectivity index (χ0v) is 13.5. The first kappa shape index (κ1) is 18.8. The summed E-state index contributed by atoms with van der Waals surface area (Å²) in [5, 5.41) is 0. The maximum atomic E-state index is 12.6. The number of hydrogen-bond donors (Lipinski definition) is 1. The van der Waals surface area contributed by atoms with Crippen molar-refractivity contribution in [2.45, 2.75) is 102 Å². The van der Waals surface area contributed by atoms with Crippen molar-refractivity contribution < 1.29 is 13.2 Å². The third-order valence-electron chi connectivity index (χ3n) is 4.97. The van der Waals surface area contributed by atoms with E-state index in [0.717, 1.165) is 12.8 Å². The predicted octanol–water partition coefficient (Wildman–Crippen LogP) is 5.97. The van der Waals surface area contributed by atoms with Crippen LogP contribution in [0.2, 0.25) is 0 Å². The van der Waals surface area contributed by atoms with E-state index in [0.29, 0.717) is 12.8 Å². The van der Waals surface area contributed by atoms with Crippen molar-refractivity contribution in [3.8, 4) is 0 Å². The summed E-state index contributed by atoms with van der Waals surface area (Å²) in [5.41, 5.74) is 5.95. The number of rotatable bonds is 9. The van der Waals surface area contributed by atoms with E-state index in [9.17, 15) is 13.2 Å². The molecule has 1 aliphatic carbocycles. The molecule has 0 heterocycles. The molecule has 2 N–H and O–H groups in total. The lowest BCUT2D eigenvalue weighted by Gasteiger charge is -2.38. The average molecular weight is 307 g/mol. The Morgan fingerprint density at radius 1 is 0.905 bits per heavy atom. The molecule has 4 heteroatoms. The number of unbranched alkanes of at least 4 members (excludes halogenated alkanes) is 7. The Morgan fingerprint density at radius 3 is 1.86 bits per heavy atom. The van der Waals surface area contributed by atoms with Crippen LogP contribution in [-0.4, -0.2) is 11.7 Å². The Balaban J connectivity index is 2.07. The van der Waals surface area contributed by atoms with Gasteiger partial charge in [0.15, 0.2) is 0 Å². The van der Waals surface area contributed by atoms with E-state index in [1.54, 1.807) is 0 Å². The maximum absolute atomic E-state index is 12.6. The second-order valence-electron chi connectivity index (χ2n) is 6.90. The Hall–Kier alpha value is -0.250. The number of nitrogens with two attached hydrogens (primary N) is 1. The molecule has 1 rings (SSSR count). The second kappa shape index (κ2) is 9.02. The topological polar surface area (TPSA) is 26.0 Å². The van der Waals surface area contributed by atoms with Crippen molar-refractivity contribution in [3.63, 3.8) is 0 Å². The molecule has 21 heavy (non-hydrogen) atoms. The highest BCUT2D eigenvalue weighted by Crippen LogP contribution is 2.41. The summed E-state index contributed by atoms with van der Waals surface area (Å²) in [6.45, 7) is 2.22. The molecule has 0 bridgehead atoms. The standard InChI is InChI=1S/C17H32F3N/c1-2-3-4-5-6-7-8-9-12-16(21)13-10-15(11-14-16)17(18,19)20/h15H,2-14,21H2,1H3. The fourth-order valence-corrected chi connectivity index (χ4v) is 3.38. The summed E-state index contributed by atoms with van der Waals surface area (Å²) in [6.07, 6.45) is 8.39. The molecule has 0 aromatic carbocycles. The Kier molecular flexibility index (Phi) is 8.07. The van der Waals surface area contributed by atoms with Crippen molar-refractivity contribution in [2.24, 2.45) is 11.7 Å². The van der Waals surface area contributed by atoms with Crippen LogP contribution < -0.4 is 5.73 Å². The van der Waals surface area contributed by atoms with Gasteiger partial charge in [-0.2, -0.15) is 13.2 Å². The molecule has 0 aromatic heterocycles. The summed E-state index contributed by atoms with van der Waals surface area (Å²) in [5.74, 6) is -1.12. The highest BCUT2D eigenvalue weighted by Gasteiger charge is 2.44. The molecule has 126 valence electrons. The van der Waals surface area contributed by atoms with Gasteiger partial charge in [-0.15, -0.1) is 0 Å². The smallest absolute Gasteiger partial charge is 0.325 e. The SMILES string of the molecule is CCCCCCCCCCC1(N)CCC(C(F)(F)F)CC1. The van der Waals surface area contributed by atoms with Crippen molar-refractivity contribution in [2.75, 3.05) is 0 Å². The lowest BCUT2D eigenvalue weighted by molar-refractivity contribution is -0.184. The number of halogens is 3. The van der Waals surface area contributed by atoms with Gasteiger partial charge in [-0.3, -0.25) is 0 Å². The molecule has 1 saturated carbocycles. The van der Waals surface area contributed by atoms with Crippen LogP contribution in [0.1, 0.15) is 90.4 Å². The lowest BCUT2D eigenvalue weighted by Crippen LogP contribution is -2.45. The van der Waals surface area contributed by atoms with Gasteiger partial charge < -0.3 is 5.73 Å². The minimum atomic E-state index is -4.03. The van der Waals surface area contributed by atoms with E-state index in [2.05, 4.69) is 6.92 Å². The van der Waals surface area contributed by atoms with E-state index < -0.39 is 12.1 Å². The number of alkyl halides is 3. The first-order chi connectivity index (χ1) is 9.87. The third-order valence-corrected chi connectivity index (χ3v) is 4.97. The highest BCUT2D eigenvalue weighted by atomic mass is 19.4. The Morgan fingerprint density at radius 2 is 1.38 bits per heavy atom. The van der Waals surface area contributed by atoms with E-state index >= 15 is 0 Å². The third kappa shape index (κ3) is 7.53. The molecule has 0 saturated heterocycles. The molecule has 0 unspecified atom stereocenters. The summed E-state index contributed by atoms with van der Waals surface area (Å²) in [7, 11) is 0. The van der Waals surface area contributed by atoms with Gasteiger partial charge in [-0.05, 0) is 32.1 Å². The van der Waals surface area contributed by atoms with Crippen LogP contribution in [0.3, 0.4) is 0 Å². The molecule has 0 radical (unpaired) electrons. The monoisotopic (exact) mass is 307 g/mol. The summed E-state index contributed by atoms with van der Waals surface area (Å²) in [6, 6.07) is 0. The normalized spacial score (nSPS) is 27.0. The van der Waals surface area contributed by atoms with Crippen LogP contribution in [0.5, 0.6) is 0 Å².